The zero-order valence-corrected chi connectivity index (χ0v) is 31.3. The molecule has 0 unspecified atom stereocenters. The largest absolute Gasteiger partial charge is 0.456 e. The topological polar surface area (TPSA) is 55.1 Å². The molecule has 0 aliphatic heterocycles. The average Bonchev–Trinajstić information content (AvgIpc) is 3.68. The molecule has 0 saturated carbocycles. The number of benzene rings is 9. The molecule has 0 radical (unpaired) electrons. The normalized spacial score (nSPS) is 11.4. The number of para-hydroxylation sites is 2. The highest BCUT2D eigenvalue weighted by Gasteiger charge is 2.19. The van der Waals surface area contributed by atoms with Gasteiger partial charge in [-0.1, -0.05) is 140 Å². The van der Waals surface area contributed by atoms with Crippen LogP contribution in [0.3, 0.4) is 0 Å². The summed E-state index contributed by atoms with van der Waals surface area (Å²) in [5, 5.41) is 6.58. The first-order valence-electron chi connectivity index (χ1n) is 19.4. The number of furan rings is 1. The Balaban J connectivity index is 1.01. The zero-order valence-electron chi connectivity index (χ0n) is 31.3. The maximum Gasteiger partial charge on any atom is 0.164 e. The molecule has 0 bridgehead atoms. The fourth-order valence-electron chi connectivity index (χ4n) is 8.01. The Morgan fingerprint density at radius 3 is 1.43 bits per heavy atom. The average molecular weight is 743 g/mol. The van der Waals surface area contributed by atoms with Gasteiger partial charge in [-0.05, 0) is 99.4 Å². The number of anilines is 3. The third kappa shape index (κ3) is 6.03. The predicted octanol–water partition coefficient (Wildman–Crippen LogP) is 14.2. The van der Waals surface area contributed by atoms with Crippen LogP contribution in [-0.2, 0) is 0 Å². The number of hydrogen-bond donors (Lipinski definition) is 0. The van der Waals surface area contributed by atoms with E-state index in [9.17, 15) is 0 Å². The highest BCUT2D eigenvalue weighted by molar-refractivity contribution is 6.12. The van der Waals surface area contributed by atoms with Crippen LogP contribution < -0.4 is 4.90 Å². The SMILES string of the molecule is c1ccc(N(c2ccccc2)c2ccc(-c3ccc4c(c3)oc3cccc(-c5nc(-c6ccc7ccccc7c6)nc(-c6ccc7ccccc7c6)n5)c34)cc2)cc1. The summed E-state index contributed by atoms with van der Waals surface area (Å²) >= 11 is 0. The van der Waals surface area contributed by atoms with Crippen LogP contribution in [-0.4, -0.2) is 15.0 Å². The molecule has 0 amide bonds. The molecule has 5 heteroatoms. The summed E-state index contributed by atoms with van der Waals surface area (Å²) in [5.41, 5.74) is 9.80. The third-order valence-corrected chi connectivity index (χ3v) is 10.9. The summed E-state index contributed by atoms with van der Waals surface area (Å²) in [5.74, 6) is 1.83. The Bertz CT molecular complexity index is 3150. The van der Waals surface area contributed by atoms with Gasteiger partial charge >= 0.3 is 0 Å². The van der Waals surface area contributed by atoms with Crippen molar-refractivity contribution in [1.82, 2.24) is 15.0 Å². The molecular formula is C53H34N4O. The second-order valence-electron chi connectivity index (χ2n) is 14.5. The van der Waals surface area contributed by atoms with Gasteiger partial charge in [-0.3, -0.25) is 0 Å². The second-order valence-corrected chi connectivity index (χ2v) is 14.5. The van der Waals surface area contributed by atoms with Crippen LogP contribution in [0, 0.1) is 0 Å². The lowest BCUT2D eigenvalue weighted by Crippen LogP contribution is -2.09. The molecule has 0 atom stereocenters. The fraction of sp³-hybridized carbons (Fsp3) is 0. The minimum Gasteiger partial charge on any atom is -0.456 e. The van der Waals surface area contributed by atoms with Crippen molar-refractivity contribution >= 4 is 60.5 Å². The van der Waals surface area contributed by atoms with Gasteiger partial charge in [-0.2, -0.15) is 0 Å². The van der Waals surface area contributed by atoms with Crippen molar-refractivity contribution in [3.63, 3.8) is 0 Å². The molecule has 11 rings (SSSR count). The molecular weight excluding hydrogens is 709 g/mol. The summed E-state index contributed by atoms with van der Waals surface area (Å²) in [6.07, 6.45) is 0. The third-order valence-electron chi connectivity index (χ3n) is 10.9. The van der Waals surface area contributed by atoms with Gasteiger partial charge in [0.25, 0.3) is 0 Å². The van der Waals surface area contributed by atoms with Crippen molar-refractivity contribution < 1.29 is 4.42 Å². The molecule has 0 aliphatic rings. The summed E-state index contributed by atoms with van der Waals surface area (Å²) in [6, 6.07) is 71.7. The van der Waals surface area contributed by atoms with Crippen molar-refractivity contribution in [1.29, 1.82) is 0 Å². The molecule has 0 N–H and O–H groups in total. The van der Waals surface area contributed by atoms with Crippen LogP contribution in [0.15, 0.2) is 211 Å². The lowest BCUT2D eigenvalue weighted by atomic mass is 10.0. The van der Waals surface area contributed by atoms with E-state index in [-0.39, 0.29) is 0 Å². The van der Waals surface area contributed by atoms with E-state index < -0.39 is 0 Å². The molecule has 272 valence electrons. The highest BCUT2D eigenvalue weighted by atomic mass is 16.3. The van der Waals surface area contributed by atoms with Crippen LogP contribution in [0.4, 0.5) is 17.1 Å². The van der Waals surface area contributed by atoms with Gasteiger partial charge in [-0.15, -0.1) is 0 Å². The Labute approximate surface area is 335 Å². The molecule has 0 saturated heterocycles. The molecule has 0 aliphatic carbocycles. The lowest BCUT2D eigenvalue weighted by molar-refractivity contribution is 0.669. The summed E-state index contributed by atoms with van der Waals surface area (Å²) < 4.78 is 6.60. The van der Waals surface area contributed by atoms with Crippen LogP contribution >= 0.6 is 0 Å². The molecule has 11 aromatic rings. The van der Waals surface area contributed by atoms with Gasteiger partial charge < -0.3 is 9.32 Å². The van der Waals surface area contributed by atoms with E-state index in [0.717, 1.165) is 77.6 Å². The number of nitrogens with zero attached hydrogens (tertiary/aromatic N) is 4. The Morgan fingerprint density at radius 1 is 0.328 bits per heavy atom. The molecule has 5 nitrogen and oxygen atoms in total. The Kier molecular flexibility index (Phi) is 8.07. The maximum absolute atomic E-state index is 6.60. The number of aromatic nitrogens is 3. The van der Waals surface area contributed by atoms with Crippen LogP contribution in [0.25, 0.3) is 88.8 Å². The zero-order chi connectivity index (χ0) is 38.4. The van der Waals surface area contributed by atoms with Crippen molar-refractivity contribution in [2.45, 2.75) is 0 Å². The maximum atomic E-state index is 6.60. The van der Waals surface area contributed by atoms with Crippen molar-refractivity contribution in [3.05, 3.63) is 206 Å². The Hall–Kier alpha value is -7.89. The van der Waals surface area contributed by atoms with E-state index in [1.807, 2.05) is 24.3 Å². The minimum absolute atomic E-state index is 0.593. The highest BCUT2D eigenvalue weighted by Crippen LogP contribution is 2.40. The first kappa shape index (κ1) is 33.4. The quantitative estimate of drug-likeness (QED) is 0.163. The van der Waals surface area contributed by atoms with Gasteiger partial charge in [-0.25, -0.2) is 15.0 Å². The van der Waals surface area contributed by atoms with Gasteiger partial charge in [0.2, 0.25) is 0 Å². The monoisotopic (exact) mass is 742 g/mol. The van der Waals surface area contributed by atoms with E-state index >= 15 is 0 Å². The molecule has 9 aromatic carbocycles. The first-order valence-corrected chi connectivity index (χ1v) is 19.4. The van der Waals surface area contributed by atoms with E-state index in [2.05, 4.69) is 187 Å². The lowest BCUT2D eigenvalue weighted by Gasteiger charge is -2.25. The Morgan fingerprint density at radius 2 is 0.828 bits per heavy atom. The van der Waals surface area contributed by atoms with E-state index in [1.165, 1.54) is 10.8 Å². The van der Waals surface area contributed by atoms with Crippen LogP contribution in [0.1, 0.15) is 0 Å². The fourth-order valence-corrected chi connectivity index (χ4v) is 8.01. The molecule has 2 heterocycles. The van der Waals surface area contributed by atoms with Crippen LogP contribution in [0.2, 0.25) is 0 Å². The van der Waals surface area contributed by atoms with Crippen molar-refractivity contribution in [3.8, 4) is 45.3 Å². The summed E-state index contributed by atoms with van der Waals surface area (Å²) in [6.45, 7) is 0. The van der Waals surface area contributed by atoms with Gasteiger partial charge in [0.1, 0.15) is 11.2 Å². The second kappa shape index (κ2) is 14.0. The smallest absolute Gasteiger partial charge is 0.164 e. The number of rotatable bonds is 7. The van der Waals surface area contributed by atoms with Gasteiger partial charge in [0.05, 0.1) is 0 Å². The molecule has 58 heavy (non-hydrogen) atoms. The molecule has 0 spiro atoms. The number of hydrogen-bond acceptors (Lipinski definition) is 5. The predicted molar refractivity (Wildman–Crippen MR) is 239 cm³/mol. The van der Waals surface area contributed by atoms with Crippen molar-refractivity contribution in [2.75, 3.05) is 4.90 Å². The first-order chi connectivity index (χ1) is 28.7. The van der Waals surface area contributed by atoms with Crippen LogP contribution in [0.5, 0.6) is 0 Å². The summed E-state index contributed by atoms with van der Waals surface area (Å²) in [7, 11) is 0. The summed E-state index contributed by atoms with van der Waals surface area (Å²) in [4.78, 5) is 17.7. The van der Waals surface area contributed by atoms with Crippen molar-refractivity contribution in [2.24, 2.45) is 0 Å². The van der Waals surface area contributed by atoms with E-state index in [0.29, 0.717) is 17.5 Å². The van der Waals surface area contributed by atoms with E-state index in [4.69, 9.17) is 19.4 Å². The standard InChI is InChI=1S/C53H34N4O/c1-3-16-43(17-4-1)57(44-18-5-2-6-19-44)45-29-26-37(27-30-45)40-28-31-46-49(34-40)58-48-21-11-20-47(50(46)48)53-55-51(41-24-22-35-12-7-9-14-38(35)32-41)54-52(56-53)42-25-23-36-13-8-10-15-39(36)33-42/h1-34H. The van der Waals surface area contributed by atoms with Gasteiger partial charge in [0.15, 0.2) is 17.5 Å². The molecule has 0 fully saturated rings. The van der Waals surface area contributed by atoms with Gasteiger partial charge in [0, 0.05) is 44.5 Å². The molecule has 2 aromatic heterocycles. The number of fused-ring (bicyclic) bond motifs is 5. The van der Waals surface area contributed by atoms with E-state index in [1.54, 1.807) is 0 Å². The minimum atomic E-state index is 0.593.